The van der Waals surface area contributed by atoms with Crippen LogP contribution in [0.1, 0.15) is 61.5 Å². The highest BCUT2D eigenvalue weighted by Crippen LogP contribution is 2.21. The van der Waals surface area contributed by atoms with Crippen LogP contribution in [0.2, 0.25) is 0 Å². The fourth-order valence-corrected chi connectivity index (χ4v) is 2.93. The van der Waals surface area contributed by atoms with E-state index < -0.39 is 0 Å². The molecule has 0 bridgehead atoms. The van der Waals surface area contributed by atoms with Gasteiger partial charge in [-0.05, 0) is 48.9 Å². The van der Waals surface area contributed by atoms with Gasteiger partial charge in [-0.3, -0.25) is 9.59 Å². The van der Waals surface area contributed by atoms with Crippen molar-refractivity contribution in [1.29, 1.82) is 0 Å². The lowest BCUT2D eigenvalue weighted by molar-refractivity contribution is -0.117. The molecule has 0 aliphatic carbocycles. The Labute approximate surface area is 162 Å². The molecule has 0 aliphatic rings. The van der Waals surface area contributed by atoms with Gasteiger partial charge in [-0.1, -0.05) is 57.2 Å². The second-order valence-corrected chi connectivity index (χ2v) is 7.35. The maximum Gasteiger partial charge on any atom is 0.253 e. The Bertz CT molecular complexity index is 766. The topological polar surface area (TPSA) is 58.2 Å². The van der Waals surface area contributed by atoms with E-state index in [0.29, 0.717) is 23.7 Å². The van der Waals surface area contributed by atoms with Crippen LogP contribution < -0.4 is 10.6 Å². The first-order chi connectivity index (χ1) is 12.9. The van der Waals surface area contributed by atoms with E-state index in [1.54, 1.807) is 18.2 Å². The van der Waals surface area contributed by atoms with Gasteiger partial charge in [0.15, 0.2) is 0 Å². The maximum atomic E-state index is 12.7. The molecule has 4 nitrogen and oxygen atoms in total. The Balaban J connectivity index is 2.09. The van der Waals surface area contributed by atoms with Gasteiger partial charge in [0.05, 0.1) is 17.2 Å². The average Bonchev–Trinajstić information content (AvgIpc) is 2.66. The Hall–Kier alpha value is -2.62. The van der Waals surface area contributed by atoms with Crippen LogP contribution in [0.3, 0.4) is 0 Å². The van der Waals surface area contributed by atoms with E-state index in [-0.39, 0.29) is 17.7 Å². The number of carbonyl (C=O) groups is 2. The minimum absolute atomic E-state index is 0.123. The Morgan fingerprint density at radius 3 is 2.26 bits per heavy atom. The largest absolute Gasteiger partial charge is 0.352 e. The van der Waals surface area contributed by atoms with Crippen LogP contribution in [0, 0.1) is 5.92 Å². The first-order valence-electron chi connectivity index (χ1n) is 9.69. The molecule has 0 aromatic heterocycles. The summed E-state index contributed by atoms with van der Waals surface area (Å²) < 4.78 is 0. The van der Waals surface area contributed by atoms with Crippen LogP contribution >= 0.6 is 0 Å². The Kier molecular flexibility index (Phi) is 7.59. The lowest BCUT2D eigenvalue weighted by atomic mass is 9.96. The summed E-state index contributed by atoms with van der Waals surface area (Å²) in [6.07, 6.45) is 1.89. The molecular formula is C23H30N2O2. The molecule has 0 saturated heterocycles. The van der Waals surface area contributed by atoms with Crippen molar-refractivity contribution >= 4 is 17.5 Å². The number of para-hydroxylation sites is 1. The minimum atomic E-state index is -0.301. The predicted molar refractivity (Wildman–Crippen MR) is 111 cm³/mol. The molecule has 2 aromatic carbocycles. The molecule has 2 amide bonds. The smallest absolute Gasteiger partial charge is 0.253 e. The van der Waals surface area contributed by atoms with Crippen molar-refractivity contribution in [2.24, 2.45) is 5.92 Å². The number of rotatable bonds is 8. The average molecular weight is 367 g/mol. The molecule has 144 valence electrons. The number of hydrogen-bond donors (Lipinski definition) is 2. The zero-order chi connectivity index (χ0) is 19.8. The van der Waals surface area contributed by atoms with Gasteiger partial charge in [-0.2, -0.15) is 0 Å². The number of hydrogen-bond acceptors (Lipinski definition) is 2. The molecule has 0 aliphatic heterocycles. The molecule has 0 heterocycles. The fourth-order valence-electron chi connectivity index (χ4n) is 2.93. The first kappa shape index (κ1) is 20.7. The Morgan fingerprint density at radius 2 is 1.63 bits per heavy atom. The zero-order valence-corrected chi connectivity index (χ0v) is 16.7. The van der Waals surface area contributed by atoms with E-state index in [2.05, 4.69) is 36.6 Å². The van der Waals surface area contributed by atoms with Crippen molar-refractivity contribution in [3.05, 3.63) is 65.2 Å². The second kappa shape index (κ2) is 9.91. The number of anilines is 1. The molecule has 4 heteroatoms. The van der Waals surface area contributed by atoms with E-state index >= 15 is 0 Å². The zero-order valence-electron chi connectivity index (χ0n) is 16.7. The SMILES string of the molecule is CCCNC(=O)c1ccccc1NC(=O)C(C)c1ccc(CC(C)C)cc1. The molecule has 0 radical (unpaired) electrons. The monoisotopic (exact) mass is 366 g/mol. The number of carbonyl (C=O) groups excluding carboxylic acids is 2. The minimum Gasteiger partial charge on any atom is -0.352 e. The predicted octanol–water partition coefficient (Wildman–Crippen LogP) is 4.77. The second-order valence-electron chi connectivity index (χ2n) is 7.35. The van der Waals surface area contributed by atoms with Crippen LogP contribution in [-0.4, -0.2) is 18.4 Å². The lowest BCUT2D eigenvalue weighted by Crippen LogP contribution is -2.26. The van der Waals surface area contributed by atoms with Crippen molar-refractivity contribution in [2.75, 3.05) is 11.9 Å². The molecular weight excluding hydrogens is 336 g/mol. The third-order valence-electron chi connectivity index (χ3n) is 4.48. The highest BCUT2D eigenvalue weighted by atomic mass is 16.2. The molecule has 27 heavy (non-hydrogen) atoms. The summed E-state index contributed by atoms with van der Waals surface area (Å²) in [4.78, 5) is 25.0. The van der Waals surface area contributed by atoms with E-state index in [1.165, 1.54) is 5.56 Å². The summed E-state index contributed by atoms with van der Waals surface area (Å²) in [5, 5.41) is 5.77. The fraction of sp³-hybridized carbons (Fsp3) is 0.391. The molecule has 0 fully saturated rings. The first-order valence-corrected chi connectivity index (χ1v) is 9.69. The van der Waals surface area contributed by atoms with Gasteiger partial charge in [0.25, 0.3) is 5.91 Å². The van der Waals surface area contributed by atoms with Gasteiger partial charge in [0, 0.05) is 6.54 Å². The summed E-state index contributed by atoms with van der Waals surface area (Å²) in [7, 11) is 0. The van der Waals surface area contributed by atoms with Crippen LogP contribution in [0.5, 0.6) is 0 Å². The standard InChI is InChI=1S/C23H30N2O2/c1-5-14-24-23(27)20-8-6-7-9-21(20)25-22(26)17(4)19-12-10-18(11-13-19)15-16(2)3/h6-13,16-17H,5,14-15H2,1-4H3,(H,24,27)(H,25,26). The summed E-state index contributed by atoms with van der Waals surface area (Å²) >= 11 is 0. The molecule has 1 atom stereocenters. The van der Waals surface area contributed by atoms with E-state index in [4.69, 9.17) is 0 Å². The van der Waals surface area contributed by atoms with Crippen molar-refractivity contribution < 1.29 is 9.59 Å². The number of benzene rings is 2. The van der Waals surface area contributed by atoms with E-state index in [9.17, 15) is 9.59 Å². The summed E-state index contributed by atoms with van der Waals surface area (Å²) in [5.74, 6) is 0.0116. The van der Waals surface area contributed by atoms with E-state index in [1.807, 2.05) is 32.0 Å². The van der Waals surface area contributed by atoms with Crippen LogP contribution in [0.25, 0.3) is 0 Å². The van der Waals surface area contributed by atoms with Crippen molar-refractivity contribution in [3.8, 4) is 0 Å². The normalized spacial score (nSPS) is 11.9. The summed E-state index contributed by atoms with van der Waals surface area (Å²) in [6.45, 7) is 8.88. The van der Waals surface area contributed by atoms with Crippen molar-refractivity contribution in [1.82, 2.24) is 5.32 Å². The highest BCUT2D eigenvalue weighted by Gasteiger charge is 2.18. The van der Waals surface area contributed by atoms with Crippen molar-refractivity contribution in [3.63, 3.8) is 0 Å². The molecule has 1 unspecified atom stereocenters. The van der Waals surface area contributed by atoms with Crippen LogP contribution in [0.4, 0.5) is 5.69 Å². The van der Waals surface area contributed by atoms with Gasteiger partial charge in [-0.15, -0.1) is 0 Å². The summed E-state index contributed by atoms with van der Waals surface area (Å²) in [6, 6.07) is 15.3. The van der Waals surface area contributed by atoms with Gasteiger partial charge < -0.3 is 10.6 Å². The third kappa shape index (κ3) is 5.95. The van der Waals surface area contributed by atoms with Gasteiger partial charge >= 0.3 is 0 Å². The number of amides is 2. The highest BCUT2D eigenvalue weighted by molar-refractivity contribution is 6.05. The van der Waals surface area contributed by atoms with E-state index in [0.717, 1.165) is 18.4 Å². The van der Waals surface area contributed by atoms with Crippen LogP contribution in [0.15, 0.2) is 48.5 Å². The summed E-state index contributed by atoms with van der Waals surface area (Å²) in [5.41, 5.74) is 3.27. The van der Waals surface area contributed by atoms with Crippen molar-refractivity contribution in [2.45, 2.75) is 46.5 Å². The third-order valence-corrected chi connectivity index (χ3v) is 4.48. The number of nitrogens with one attached hydrogen (secondary N) is 2. The molecule has 0 saturated carbocycles. The maximum absolute atomic E-state index is 12.7. The quantitative estimate of drug-likeness (QED) is 0.707. The van der Waals surface area contributed by atoms with Gasteiger partial charge in [-0.25, -0.2) is 0 Å². The molecule has 2 N–H and O–H groups in total. The van der Waals surface area contributed by atoms with Gasteiger partial charge in [0.2, 0.25) is 5.91 Å². The molecule has 2 aromatic rings. The molecule has 0 spiro atoms. The molecule has 2 rings (SSSR count). The van der Waals surface area contributed by atoms with Gasteiger partial charge in [0.1, 0.15) is 0 Å². The Morgan fingerprint density at radius 1 is 0.963 bits per heavy atom. The van der Waals surface area contributed by atoms with Crippen LogP contribution in [-0.2, 0) is 11.2 Å². The lowest BCUT2D eigenvalue weighted by Gasteiger charge is -2.16.